The maximum Gasteiger partial charge on any atom is 0.107 e. The number of imidazole rings is 1. The Kier molecular flexibility index (Phi) is 8.28. The highest BCUT2D eigenvalue weighted by atomic mass is 16.5. The van der Waals surface area contributed by atoms with Crippen LogP contribution in [-0.2, 0) is 15.9 Å². The van der Waals surface area contributed by atoms with Gasteiger partial charge < -0.3 is 14.5 Å². The Bertz CT molecular complexity index is 743. The van der Waals surface area contributed by atoms with Crippen LogP contribution in [0.4, 0.5) is 0 Å². The van der Waals surface area contributed by atoms with Crippen molar-refractivity contribution in [1.82, 2.24) is 9.97 Å². The SMILES string of the molecule is CCOCCCOCCCCc1nc(-c2ccccc2)c(-c2ccccc2)[nH]1. The summed E-state index contributed by atoms with van der Waals surface area (Å²) in [6.07, 6.45) is 3.99. The number of aromatic amines is 1. The third-order valence-electron chi connectivity index (χ3n) is 4.60. The number of aryl methyl sites for hydroxylation is 1. The fourth-order valence-electron chi connectivity index (χ4n) is 3.17. The standard InChI is InChI=1S/C24H30N2O2/c1-2-27-18-11-19-28-17-10-9-16-22-25-23(20-12-5-3-6-13-20)24(26-22)21-14-7-4-8-15-21/h3-8,12-15H,2,9-11,16-19H2,1H3,(H,25,26). The summed E-state index contributed by atoms with van der Waals surface area (Å²) >= 11 is 0. The smallest absolute Gasteiger partial charge is 0.107 e. The number of H-pyrrole nitrogens is 1. The molecule has 0 fully saturated rings. The number of unbranched alkanes of at least 4 members (excludes halogenated alkanes) is 1. The molecule has 0 aliphatic carbocycles. The zero-order chi connectivity index (χ0) is 19.4. The average Bonchev–Trinajstić information content (AvgIpc) is 3.18. The second kappa shape index (κ2) is 11.4. The van der Waals surface area contributed by atoms with Crippen molar-refractivity contribution in [2.24, 2.45) is 0 Å². The molecule has 4 heteroatoms. The second-order valence-electron chi connectivity index (χ2n) is 6.76. The van der Waals surface area contributed by atoms with Gasteiger partial charge in [0.1, 0.15) is 5.82 Å². The lowest BCUT2D eigenvalue weighted by Crippen LogP contribution is -2.02. The zero-order valence-corrected chi connectivity index (χ0v) is 16.7. The van der Waals surface area contributed by atoms with Gasteiger partial charge in [-0.2, -0.15) is 0 Å². The van der Waals surface area contributed by atoms with E-state index in [-0.39, 0.29) is 0 Å². The van der Waals surface area contributed by atoms with Crippen molar-refractivity contribution in [3.63, 3.8) is 0 Å². The number of hydrogen-bond acceptors (Lipinski definition) is 3. The molecule has 0 atom stereocenters. The predicted octanol–water partition coefficient (Wildman–Crippen LogP) is 5.51. The van der Waals surface area contributed by atoms with Gasteiger partial charge in [-0.15, -0.1) is 0 Å². The lowest BCUT2D eigenvalue weighted by molar-refractivity contribution is 0.0863. The van der Waals surface area contributed by atoms with Crippen molar-refractivity contribution in [3.05, 3.63) is 66.5 Å². The molecule has 1 N–H and O–H groups in total. The Labute approximate surface area is 167 Å². The molecule has 0 amide bonds. The molecule has 28 heavy (non-hydrogen) atoms. The minimum absolute atomic E-state index is 0.775. The van der Waals surface area contributed by atoms with E-state index in [9.17, 15) is 0 Å². The summed E-state index contributed by atoms with van der Waals surface area (Å²) in [6.45, 7) is 5.15. The van der Waals surface area contributed by atoms with Crippen LogP contribution in [0, 0.1) is 0 Å². The predicted molar refractivity (Wildman–Crippen MR) is 114 cm³/mol. The fourth-order valence-corrected chi connectivity index (χ4v) is 3.17. The van der Waals surface area contributed by atoms with E-state index >= 15 is 0 Å². The quantitative estimate of drug-likeness (QED) is 0.423. The van der Waals surface area contributed by atoms with Crippen LogP contribution >= 0.6 is 0 Å². The van der Waals surface area contributed by atoms with Crippen LogP contribution < -0.4 is 0 Å². The summed E-state index contributed by atoms with van der Waals surface area (Å²) in [4.78, 5) is 8.46. The van der Waals surface area contributed by atoms with Crippen LogP contribution in [0.15, 0.2) is 60.7 Å². The van der Waals surface area contributed by atoms with Crippen molar-refractivity contribution in [2.45, 2.75) is 32.6 Å². The first-order valence-electron chi connectivity index (χ1n) is 10.2. The van der Waals surface area contributed by atoms with Crippen LogP contribution in [0.1, 0.15) is 32.0 Å². The number of aromatic nitrogens is 2. The van der Waals surface area contributed by atoms with Crippen molar-refractivity contribution < 1.29 is 9.47 Å². The Morgan fingerprint density at radius 1 is 0.750 bits per heavy atom. The van der Waals surface area contributed by atoms with E-state index in [4.69, 9.17) is 14.5 Å². The first-order valence-corrected chi connectivity index (χ1v) is 10.2. The molecule has 0 radical (unpaired) electrons. The first-order chi connectivity index (χ1) is 13.9. The van der Waals surface area contributed by atoms with Crippen LogP contribution in [0.3, 0.4) is 0 Å². The second-order valence-corrected chi connectivity index (χ2v) is 6.76. The number of ether oxygens (including phenoxy) is 2. The number of nitrogens with zero attached hydrogens (tertiary/aromatic N) is 1. The number of hydrogen-bond donors (Lipinski definition) is 1. The highest BCUT2D eigenvalue weighted by Crippen LogP contribution is 2.30. The number of nitrogens with one attached hydrogen (secondary N) is 1. The minimum atomic E-state index is 0.775. The van der Waals surface area contributed by atoms with Crippen molar-refractivity contribution in [3.8, 4) is 22.5 Å². The average molecular weight is 379 g/mol. The van der Waals surface area contributed by atoms with Gasteiger partial charge in [0.15, 0.2) is 0 Å². The summed E-state index contributed by atoms with van der Waals surface area (Å²) < 4.78 is 11.0. The molecular weight excluding hydrogens is 348 g/mol. The summed E-state index contributed by atoms with van der Waals surface area (Å²) in [5.74, 6) is 1.04. The third kappa shape index (κ3) is 6.04. The molecule has 3 rings (SSSR count). The van der Waals surface area contributed by atoms with Crippen LogP contribution in [0.2, 0.25) is 0 Å². The Balaban J connectivity index is 1.56. The van der Waals surface area contributed by atoms with E-state index in [0.717, 1.165) is 80.4 Å². The first kappa shape index (κ1) is 20.3. The summed E-state index contributed by atoms with van der Waals surface area (Å²) in [5, 5.41) is 0. The lowest BCUT2D eigenvalue weighted by Gasteiger charge is -2.04. The summed E-state index contributed by atoms with van der Waals surface area (Å²) in [6, 6.07) is 20.8. The highest BCUT2D eigenvalue weighted by Gasteiger charge is 2.13. The zero-order valence-electron chi connectivity index (χ0n) is 16.7. The van der Waals surface area contributed by atoms with Crippen LogP contribution in [0.5, 0.6) is 0 Å². The maximum atomic E-state index is 5.68. The lowest BCUT2D eigenvalue weighted by atomic mass is 10.1. The topological polar surface area (TPSA) is 47.1 Å². The molecule has 3 aromatic rings. The van der Waals surface area contributed by atoms with Crippen molar-refractivity contribution >= 4 is 0 Å². The van der Waals surface area contributed by atoms with E-state index in [0.29, 0.717) is 0 Å². The largest absolute Gasteiger partial charge is 0.382 e. The molecule has 1 heterocycles. The van der Waals surface area contributed by atoms with Gasteiger partial charge in [-0.1, -0.05) is 60.7 Å². The molecule has 0 bridgehead atoms. The normalized spacial score (nSPS) is 11.0. The van der Waals surface area contributed by atoms with Gasteiger partial charge >= 0.3 is 0 Å². The molecule has 0 spiro atoms. The molecule has 0 aliphatic heterocycles. The van der Waals surface area contributed by atoms with Gasteiger partial charge in [0.25, 0.3) is 0 Å². The van der Waals surface area contributed by atoms with E-state index in [1.54, 1.807) is 0 Å². The molecular formula is C24H30N2O2. The summed E-state index contributed by atoms with van der Waals surface area (Å²) in [5.41, 5.74) is 4.42. The van der Waals surface area contributed by atoms with Crippen molar-refractivity contribution in [2.75, 3.05) is 26.4 Å². The van der Waals surface area contributed by atoms with Gasteiger partial charge in [0.05, 0.1) is 11.4 Å². The summed E-state index contributed by atoms with van der Waals surface area (Å²) in [7, 11) is 0. The number of rotatable bonds is 12. The van der Waals surface area contributed by atoms with Crippen LogP contribution in [-0.4, -0.2) is 36.4 Å². The van der Waals surface area contributed by atoms with E-state index in [2.05, 4.69) is 53.5 Å². The molecule has 148 valence electrons. The maximum absolute atomic E-state index is 5.68. The Morgan fingerprint density at radius 3 is 2.11 bits per heavy atom. The molecule has 1 aromatic heterocycles. The molecule has 0 saturated heterocycles. The van der Waals surface area contributed by atoms with Crippen LogP contribution in [0.25, 0.3) is 22.5 Å². The van der Waals surface area contributed by atoms with E-state index in [1.165, 1.54) is 0 Å². The van der Waals surface area contributed by atoms with Gasteiger partial charge in [-0.3, -0.25) is 0 Å². The third-order valence-corrected chi connectivity index (χ3v) is 4.60. The Hall–Kier alpha value is -2.43. The molecule has 0 saturated carbocycles. The highest BCUT2D eigenvalue weighted by molar-refractivity contribution is 5.78. The van der Waals surface area contributed by atoms with Gasteiger partial charge in [0, 0.05) is 44.0 Å². The van der Waals surface area contributed by atoms with E-state index in [1.807, 2.05) is 19.1 Å². The number of benzene rings is 2. The van der Waals surface area contributed by atoms with Crippen molar-refractivity contribution in [1.29, 1.82) is 0 Å². The van der Waals surface area contributed by atoms with Gasteiger partial charge in [-0.05, 0) is 26.2 Å². The Morgan fingerprint density at radius 2 is 1.39 bits per heavy atom. The fraction of sp³-hybridized carbons (Fsp3) is 0.375. The monoisotopic (exact) mass is 378 g/mol. The van der Waals surface area contributed by atoms with Gasteiger partial charge in [-0.25, -0.2) is 4.98 Å². The molecule has 0 unspecified atom stereocenters. The molecule has 2 aromatic carbocycles. The molecule has 4 nitrogen and oxygen atoms in total. The van der Waals surface area contributed by atoms with Gasteiger partial charge in [0.2, 0.25) is 0 Å². The minimum Gasteiger partial charge on any atom is -0.382 e. The molecule has 0 aliphatic rings. The van der Waals surface area contributed by atoms with E-state index < -0.39 is 0 Å².